The van der Waals surface area contributed by atoms with Gasteiger partial charge in [0, 0.05) is 16.6 Å². The van der Waals surface area contributed by atoms with Gasteiger partial charge >= 0.3 is 5.97 Å². The third-order valence-corrected chi connectivity index (χ3v) is 2.42. The number of hydrogen-bond donors (Lipinski definition) is 2. The van der Waals surface area contributed by atoms with Gasteiger partial charge < -0.3 is 10.4 Å². The van der Waals surface area contributed by atoms with Crippen molar-refractivity contribution in [2.24, 2.45) is 0 Å². The Morgan fingerprint density at radius 3 is 2.62 bits per heavy atom. The molecule has 0 spiro atoms. The van der Waals surface area contributed by atoms with E-state index in [0.717, 1.165) is 22.2 Å². The zero-order valence-corrected chi connectivity index (χ0v) is 10.1. The van der Waals surface area contributed by atoms with Crippen molar-refractivity contribution in [2.45, 2.75) is 6.92 Å². The summed E-state index contributed by atoms with van der Waals surface area (Å²) in [6, 6.07) is 5.45. The molecule has 0 saturated heterocycles. The van der Waals surface area contributed by atoms with Gasteiger partial charge in [-0.1, -0.05) is 6.07 Å². The third kappa shape index (κ3) is 3.86. The van der Waals surface area contributed by atoms with Gasteiger partial charge in [-0.15, -0.1) is 0 Å². The molecule has 84 valence electrons. The van der Waals surface area contributed by atoms with Crippen LogP contribution in [0.2, 0.25) is 0 Å². The fraction of sp³-hybridized carbons (Fsp3) is 0.0909. The molecule has 0 saturated carbocycles. The van der Waals surface area contributed by atoms with Crippen molar-refractivity contribution < 1.29 is 14.7 Å². The van der Waals surface area contributed by atoms with Crippen molar-refractivity contribution >= 4 is 33.5 Å². The Hall–Kier alpha value is -1.62. The minimum absolute atomic E-state index is 0.480. The summed E-state index contributed by atoms with van der Waals surface area (Å²) >= 11 is 3.30. The van der Waals surface area contributed by atoms with Crippen LogP contribution in [-0.4, -0.2) is 17.0 Å². The molecule has 1 aromatic carbocycles. The molecule has 0 atom stereocenters. The first kappa shape index (κ1) is 12.4. The lowest BCUT2D eigenvalue weighted by Crippen LogP contribution is -2.09. The number of aryl methyl sites for hydroxylation is 1. The number of carbonyl (C=O) groups excluding carboxylic acids is 1. The standard InChI is InChI=1S/C11H10BrNO3/c1-7-2-3-9(8(12)6-7)13-10(14)4-5-11(15)16/h2-6H,1H3,(H,13,14)(H,15,16)/b5-4+. The number of rotatable bonds is 3. The average molecular weight is 284 g/mol. The highest BCUT2D eigenvalue weighted by Crippen LogP contribution is 2.23. The maximum Gasteiger partial charge on any atom is 0.328 e. The number of amides is 1. The number of aliphatic carboxylic acids is 1. The number of halogens is 1. The summed E-state index contributed by atoms with van der Waals surface area (Å²) in [5.41, 5.74) is 1.66. The van der Waals surface area contributed by atoms with Crippen LogP contribution >= 0.6 is 15.9 Å². The van der Waals surface area contributed by atoms with E-state index in [0.29, 0.717) is 5.69 Å². The maximum absolute atomic E-state index is 11.3. The smallest absolute Gasteiger partial charge is 0.328 e. The van der Waals surface area contributed by atoms with Crippen LogP contribution in [0.3, 0.4) is 0 Å². The first-order chi connectivity index (χ1) is 7.49. The molecular weight excluding hydrogens is 274 g/mol. The number of nitrogens with one attached hydrogen (secondary N) is 1. The summed E-state index contributed by atoms with van der Waals surface area (Å²) in [5.74, 6) is -1.63. The number of hydrogen-bond acceptors (Lipinski definition) is 2. The van der Waals surface area contributed by atoms with Crippen LogP contribution in [0.5, 0.6) is 0 Å². The predicted octanol–water partition coefficient (Wildman–Crippen LogP) is 2.34. The van der Waals surface area contributed by atoms with Crippen molar-refractivity contribution in [1.82, 2.24) is 0 Å². The van der Waals surface area contributed by atoms with Crippen LogP contribution in [0, 0.1) is 6.92 Å². The van der Waals surface area contributed by atoms with E-state index in [2.05, 4.69) is 21.2 Å². The monoisotopic (exact) mass is 283 g/mol. The zero-order chi connectivity index (χ0) is 12.1. The van der Waals surface area contributed by atoms with Gasteiger partial charge in [-0.05, 0) is 40.5 Å². The van der Waals surface area contributed by atoms with Crippen molar-refractivity contribution in [3.05, 3.63) is 40.4 Å². The Morgan fingerprint density at radius 2 is 2.06 bits per heavy atom. The van der Waals surface area contributed by atoms with E-state index in [1.165, 1.54) is 0 Å². The fourth-order valence-corrected chi connectivity index (χ4v) is 1.64. The molecule has 1 rings (SSSR count). The topological polar surface area (TPSA) is 66.4 Å². The van der Waals surface area contributed by atoms with Gasteiger partial charge in [0.1, 0.15) is 0 Å². The lowest BCUT2D eigenvalue weighted by molar-refractivity contribution is -0.131. The van der Waals surface area contributed by atoms with Crippen LogP contribution in [0.1, 0.15) is 5.56 Å². The second kappa shape index (κ2) is 5.46. The third-order valence-electron chi connectivity index (χ3n) is 1.76. The lowest BCUT2D eigenvalue weighted by atomic mass is 10.2. The summed E-state index contributed by atoms with van der Waals surface area (Å²) in [4.78, 5) is 21.5. The Bertz CT molecular complexity index is 455. The van der Waals surface area contributed by atoms with E-state index in [-0.39, 0.29) is 0 Å². The predicted molar refractivity (Wildman–Crippen MR) is 64.3 cm³/mol. The van der Waals surface area contributed by atoms with Gasteiger partial charge in [-0.2, -0.15) is 0 Å². The Kier molecular flexibility index (Phi) is 4.25. The highest BCUT2D eigenvalue weighted by Gasteiger charge is 2.03. The first-order valence-electron chi connectivity index (χ1n) is 4.47. The van der Waals surface area contributed by atoms with Crippen LogP contribution in [0.25, 0.3) is 0 Å². The van der Waals surface area contributed by atoms with E-state index in [1.54, 1.807) is 6.07 Å². The Balaban J connectivity index is 2.73. The molecule has 0 fully saturated rings. The van der Waals surface area contributed by atoms with Gasteiger partial charge in [0.2, 0.25) is 5.91 Å². The minimum atomic E-state index is -1.15. The molecule has 0 aliphatic carbocycles. The molecule has 0 unspecified atom stereocenters. The van der Waals surface area contributed by atoms with Gasteiger partial charge in [0.25, 0.3) is 0 Å². The van der Waals surface area contributed by atoms with E-state index in [9.17, 15) is 9.59 Å². The van der Waals surface area contributed by atoms with Crippen LogP contribution < -0.4 is 5.32 Å². The van der Waals surface area contributed by atoms with Crippen molar-refractivity contribution in [2.75, 3.05) is 5.32 Å². The number of carbonyl (C=O) groups is 2. The molecule has 0 heterocycles. The second-order valence-corrected chi connectivity index (χ2v) is 4.00. The largest absolute Gasteiger partial charge is 0.478 e. The van der Waals surface area contributed by atoms with Gasteiger partial charge in [0.15, 0.2) is 0 Å². The molecule has 16 heavy (non-hydrogen) atoms. The molecule has 4 nitrogen and oxygen atoms in total. The molecule has 0 radical (unpaired) electrons. The van der Waals surface area contributed by atoms with E-state index in [4.69, 9.17) is 5.11 Å². The van der Waals surface area contributed by atoms with Gasteiger partial charge in [0.05, 0.1) is 5.69 Å². The lowest BCUT2D eigenvalue weighted by Gasteiger charge is -2.05. The molecular formula is C11H10BrNO3. The van der Waals surface area contributed by atoms with Crippen LogP contribution in [0.4, 0.5) is 5.69 Å². The van der Waals surface area contributed by atoms with Crippen molar-refractivity contribution in [3.63, 3.8) is 0 Å². The number of anilines is 1. The summed E-state index contributed by atoms with van der Waals surface area (Å²) in [6.07, 6.45) is 1.76. The number of carboxylic acids is 1. The molecule has 5 heteroatoms. The molecule has 1 aromatic rings. The van der Waals surface area contributed by atoms with Gasteiger partial charge in [-0.3, -0.25) is 4.79 Å². The fourth-order valence-electron chi connectivity index (χ4n) is 1.04. The molecule has 0 bridgehead atoms. The summed E-state index contributed by atoms with van der Waals surface area (Å²) in [6.45, 7) is 1.93. The normalized spacial score (nSPS) is 10.4. The average Bonchev–Trinajstić information content (AvgIpc) is 2.19. The summed E-state index contributed by atoms with van der Waals surface area (Å²) in [5, 5.41) is 10.9. The highest BCUT2D eigenvalue weighted by molar-refractivity contribution is 9.10. The molecule has 1 amide bonds. The second-order valence-electron chi connectivity index (χ2n) is 3.14. The molecule has 0 aromatic heterocycles. The first-order valence-corrected chi connectivity index (χ1v) is 5.26. The quantitative estimate of drug-likeness (QED) is 0.837. The van der Waals surface area contributed by atoms with Crippen LogP contribution in [0.15, 0.2) is 34.8 Å². The SMILES string of the molecule is Cc1ccc(NC(=O)/C=C/C(=O)O)c(Br)c1. The molecule has 0 aliphatic heterocycles. The van der Waals surface area contributed by atoms with Crippen molar-refractivity contribution in [1.29, 1.82) is 0 Å². The Labute approximate surface area is 101 Å². The highest BCUT2D eigenvalue weighted by atomic mass is 79.9. The Morgan fingerprint density at radius 1 is 1.38 bits per heavy atom. The molecule has 0 aliphatic rings. The maximum atomic E-state index is 11.3. The number of benzene rings is 1. The summed E-state index contributed by atoms with van der Waals surface area (Å²) in [7, 11) is 0. The van der Waals surface area contributed by atoms with E-state index >= 15 is 0 Å². The zero-order valence-electron chi connectivity index (χ0n) is 8.53. The molecule has 2 N–H and O–H groups in total. The summed E-state index contributed by atoms with van der Waals surface area (Å²) < 4.78 is 0.754. The van der Waals surface area contributed by atoms with E-state index in [1.807, 2.05) is 19.1 Å². The number of carboxylic acid groups (broad SMARTS) is 1. The van der Waals surface area contributed by atoms with Gasteiger partial charge in [-0.25, -0.2) is 4.79 Å². The van der Waals surface area contributed by atoms with E-state index < -0.39 is 11.9 Å². The minimum Gasteiger partial charge on any atom is -0.478 e. The van der Waals surface area contributed by atoms with Crippen molar-refractivity contribution in [3.8, 4) is 0 Å². The van der Waals surface area contributed by atoms with Crippen LogP contribution in [-0.2, 0) is 9.59 Å².